The smallest absolute Gasteiger partial charge is 0.139 e. The first-order chi connectivity index (χ1) is 28.7. The van der Waals surface area contributed by atoms with Crippen molar-refractivity contribution in [2.45, 2.75) is 223 Å². The Balaban J connectivity index is 2.57. The molecule has 0 fully saturated rings. The maximum Gasteiger partial charge on any atom is 0.161 e. The van der Waals surface area contributed by atoms with Crippen LogP contribution in [0.25, 0.3) is 0 Å². The van der Waals surface area contributed by atoms with Gasteiger partial charge in [-0.15, -0.1) is 22.2 Å². The highest BCUT2D eigenvalue weighted by Crippen LogP contribution is 2.38. The van der Waals surface area contributed by atoms with E-state index in [4.69, 9.17) is 0 Å². The predicted octanol–water partition coefficient (Wildman–Crippen LogP) is 14.8. The Kier molecular flexibility index (Phi) is 17.6. The minimum atomic E-state index is -2.36. The Hall–Kier alpha value is -1.48. The monoisotopic (exact) mass is 995 g/mol. The molecule has 0 aromatic heterocycles. The maximum absolute atomic E-state index is 4.62. The molecule has 0 radical (unpaired) electrons. The molecule has 0 saturated carbocycles. The molecule has 0 heterocycles. The van der Waals surface area contributed by atoms with Gasteiger partial charge >= 0.3 is 0 Å². The van der Waals surface area contributed by atoms with Gasteiger partial charge in [-0.1, -0.05) is 236 Å². The van der Waals surface area contributed by atoms with E-state index < -0.39 is 60.7 Å². The Morgan fingerprint density at radius 1 is 0.312 bits per heavy atom. The van der Waals surface area contributed by atoms with Crippen LogP contribution in [0.15, 0.2) is 48.5 Å². The molecule has 0 unspecified atom stereocenters. The fourth-order valence-corrected chi connectivity index (χ4v) is 106. The largest absolute Gasteiger partial charge is 0.161 e. The molecular formula is C56H98Si8. The molecule has 3 aromatic rings. The average molecular weight is 996 g/mol. The topological polar surface area (TPSA) is 0 Å². The Bertz CT molecular complexity index is 2010. The second-order valence-electron chi connectivity index (χ2n) is 26.9. The average Bonchev–Trinajstić information content (AvgIpc) is 3.12. The Morgan fingerprint density at radius 3 is 0.703 bits per heavy atom. The normalized spacial score (nSPS) is 13.9. The first kappa shape index (κ1) is 56.8. The third kappa shape index (κ3) is 11.0. The molecule has 0 spiro atoms. The number of benzene rings is 3. The summed E-state index contributed by atoms with van der Waals surface area (Å²) in [6, 6.07) is 20.1. The van der Waals surface area contributed by atoms with Crippen molar-refractivity contribution in [1.29, 1.82) is 0 Å². The van der Waals surface area contributed by atoms with E-state index in [0.29, 0.717) is 35.5 Å². The van der Waals surface area contributed by atoms with Gasteiger partial charge in [-0.25, -0.2) is 0 Å². The third-order valence-corrected chi connectivity index (χ3v) is 91.9. The van der Waals surface area contributed by atoms with E-state index in [1.165, 1.54) is 11.1 Å². The van der Waals surface area contributed by atoms with E-state index in [1.807, 2.05) is 0 Å². The van der Waals surface area contributed by atoms with Crippen LogP contribution in [0, 0.1) is 22.2 Å². The van der Waals surface area contributed by atoms with Gasteiger partial charge < -0.3 is 0 Å². The van der Waals surface area contributed by atoms with Crippen LogP contribution >= 0.6 is 0 Å². The predicted molar refractivity (Wildman–Crippen MR) is 318 cm³/mol. The number of hydrogen-bond acceptors (Lipinski definition) is 0. The zero-order chi connectivity index (χ0) is 49.7. The molecule has 0 bridgehead atoms. The SMILES string of the molecule is CC(C)c1cc(C(C)C)c([Si](C#C[Si](C)(C)c2ccccc2[Si](C)(C)C#C[Si](c2c(C(C)C)cc(C(C)C)cc2C(C)C)([Si](C)(C)C)[Si](C)(C)C)([Si](C)(C)C)[Si](C)(C)C)c(C(C)C)c1. The van der Waals surface area contributed by atoms with Gasteiger partial charge in [-0.3, -0.25) is 0 Å². The van der Waals surface area contributed by atoms with Crippen LogP contribution in [0.1, 0.15) is 152 Å². The van der Waals surface area contributed by atoms with Crippen LogP contribution < -0.4 is 20.7 Å². The minimum absolute atomic E-state index is 0.466. The molecule has 3 aromatic carbocycles. The van der Waals surface area contributed by atoms with E-state index in [2.05, 4.69) is 259 Å². The van der Waals surface area contributed by atoms with Gasteiger partial charge in [0, 0.05) is 0 Å². The van der Waals surface area contributed by atoms with Crippen LogP contribution in [-0.2, 0) is 0 Å². The van der Waals surface area contributed by atoms with Crippen molar-refractivity contribution in [2.24, 2.45) is 0 Å². The highest BCUT2D eigenvalue weighted by Gasteiger charge is 2.59. The van der Waals surface area contributed by atoms with E-state index in [0.717, 1.165) is 0 Å². The molecule has 0 aliphatic carbocycles. The van der Waals surface area contributed by atoms with Crippen molar-refractivity contribution < 1.29 is 0 Å². The molecule has 354 valence electrons. The molecule has 3 rings (SSSR count). The van der Waals surface area contributed by atoms with Crippen molar-refractivity contribution in [3.05, 3.63) is 81.9 Å². The van der Waals surface area contributed by atoms with Crippen LogP contribution in [0.2, 0.25) is 105 Å². The van der Waals surface area contributed by atoms with Crippen LogP contribution in [0.3, 0.4) is 0 Å². The van der Waals surface area contributed by atoms with Crippen molar-refractivity contribution in [2.75, 3.05) is 0 Å². The van der Waals surface area contributed by atoms with Crippen molar-refractivity contribution in [3.63, 3.8) is 0 Å². The molecule has 0 aliphatic rings. The summed E-state index contributed by atoms with van der Waals surface area (Å²) in [6.07, 6.45) is 0. The molecular weight excluding hydrogens is 897 g/mol. The molecule has 0 N–H and O–H groups in total. The van der Waals surface area contributed by atoms with Crippen molar-refractivity contribution in [1.82, 2.24) is 0 Å². The molecule has 64 heavy (non-hydrogen) atoms. The van der Waals surface area contributed by atoms with E-state index in [9.17, 15) is 0 Å². The van der Waals surface area contributed by atoms with Gasteiger partial charge in [0.25, 0.3) is 0 Å². The summed E-state index contributed by atoms with van der Waals surface area (Å²) in [5, 5.41) is 6.61. The second kappa shape index (κ2) is 19.9. The van der Waals surface area contributed by atoms with Crippen molar-refractivity contribution >= 4 is 81.5 Å². The van der Waals surface area contributed by atoms with E-state index in [1.54, 1.807) is 43.0 Å². The van der Waals surface area contributed by atoms with Crippen LogP contribution in [0.5, 0.6) is 0 Å². The summed E-state index contributed by atoms with van der Waals surface area (Å²) >= 11 is 0. The van der Waals surface area contributed by atoms with Crippen LogP contribution in [-0.4, -0.2) is 60.7 Å². The molecule has 8 heteroatoms. The first-order valence-electron chi connectivity index (χ1n) is 25.3. The summed E-state index contributed by atoms with van der Waals surface area (Å²) in [5.74, 6) is 2.88. The lowest BCUT2D eigenvalue weighted by Crippen LogP contribution is -2.79. The third-order valence-electron chi connectivity index (χ3n) is 14.9. The summed E-state index contributed by atoms with van der Waals surface area (Å²) in [6.45, 7) is 71.8. The fraction of sp³-hybridized carbons (Fsp3) is 0.607. The quantitative estimate of drug-likeness (QED) is 0.112. The zero-order valence-corrected chi connectivity index (χ0v) is 55.1. The standard InChI is InChI=1S/C56H98Si8/c1-41(2)47-37-49(43(5)6)55(50(38-47)44(7)8)63(57(13,14)15,58(16,17)18)35-33-61(25,26)53-31-29-30-32-54(53)62(27,28)34-36-64(59(19,20)21,60(22,23)24)56-51(45(9)10)39-48(42(3)4)40-52(56)46(11)12/h29-32,37-46H,1-28H3. The lowest BCUT2D eigenvalue weighted by atomic mass is 9.89. The first-order valence-corrected chi connectivity index (χ1v) is 53.3. The van der Waals surface area contributed by atoms with Crippen LogP contribution in [0.4, 0.5) is 0 Å². The summed E-state index contributed by atoms with van der Waals surface area (Å²) in [5.41, 5.74) is 27.5. The van der Waals surface area contributed by atoms with Gasteiger partial charge in [0.15, 0.2) is 16.1 Å². The molecule has 0 atom stereocenters. The molecule has 0 aliphatic heterocycles. The Labute approximate surface area is 406 Å². The van der Waals surface area contributed by atoms with Gasteiger partial charge in [-0.2, -0.15) is 0 Å². The lowest BCUT2D eigenvalue weighted by molar-refractivity contribution is 0.812. The minimum Gasteiger partial charge on any atom is -0.139 e. The lowest BCUT2D eigenvalue weighted by Gasteiger charge is -2.49. The molecule has 0 saturated heterocycles. The van der Waals surface area contributed by atoms with Gasteiger partial charge in [0.05, 0.1) is 30.4 Å². The summed E-state index contributed by atoms with van der Waals surface area (Å²) in [7, 11) is -16.8. The van der Waals surface area contributed by atoms with E-state index in [-0.39, 0.29) is 0 Å². The summed E-state index contributed by atoms with van der Waals surface area (Å²) in [4.78, 5) is 0. The molecule has 0 nitrogen and oxygen atoms in total. The maximum atomic E-state index is 4.62. The van der Waals surface area contributed by atoms with Gasteiger partial charge in [-0.05, 0) is 89.6 Å². The highest BCUT2D eigenvalue weighted by molar-refractivity contribution is 7.76. The van der Waals surface area contributed by atoms with Gasteiger partial charge in [0.1, 0.15) is 14.2 Å². The fourth-order valence-electron chi connectivity index (χ4n) is 11.6. The van der Waals surface area contributed by atoms with Gasteiger partial charge in [0.2, 0.25) is 0 Å². The second-order valence-corrected chi connectivity index (χ2v) is 87.4. The van der Waals surface area contributed by atoms with E-state index >= 15 is 0 Å². The number of rotatable bonds is 14. The highest BCUT2D eigenvalue weighted by atomic mass is 29.6. The number of hydrogen-bond donors (Lipinski definition) is 0. The Morgan fingerprint density at radius 2 is 0.531 bits per heavy atom. The summed E-state index contributed by atoms with van der Waals surface area (Å²) < 4.78 is 0. The zero-order valence-electron chi connectivity index (χ0n) is 47.1. The van der Waals surface area contributed by atoms with Crippen molar-refractivity contribution in [3.8, 4) is 22.2 Å². The molecule has 0 amide bonds.